The van der Waals surface area contributed by atoms with Crippen molar-refractivity contribution in [2.24, 2.45) is 0 Å². The van der Waals surface area contributed by atoms with Gasteiger partial charge in [-0.15, -0.1) is 0 Å². The van der Waals surface area contributed by atoms with Crippen LogP contribution >= 0.6 is 0 Å². The zero-order chi connectivity index (χ0) is 24.6. The molecule has 36 heavy (non-hydrogen) atoms. The normalized spacial score (nSPS) is 15.8. The molecule has 0 unspecified atom stereocenters. The van der Waals surface area contributed by atoms with Crippen LogP contribution in [0.2, 0.25) is 0 Å². The predicted octanol–water partition coefficient (Wildman–Crippen LogP) is 6.61. The van der Waals surface area contributed by atoms with Crippen LogP contribution in [0, 0.1) is 0 Å². The van der Waals surface area contributed by atoms with E-state index in [0.29, 0.717) is 42.5 Å². The maximum absolute atomic E-state index is 13.3. The summed E-state index contributed by atoms with van der Waals surface area (Å²) in [5, 5.41) is 10.6. The predicted molar refractivity (Wildman–Crippen MR) is 138 cm³/mol. The first kappa shape index (κ1) is 22.5. The largest absolute Gasteiger partial charge is 0.489 e. The Morgan fingerprint density at radius 1 is 1.00 bits per heavy atom. The molecule has 1 saturated carbocycles. The van der Waals surface area contributed by atoms with Crippen molar-refractivity contribution in [2.75, 3.05) is 0 Å². The van der Waals surface area contributed by atoms with E-state index in [-0.39, 0.29) is 11.5 Å². The second kappa shape index (κ2) is 9.26. The molecule has 1 N–H and O–H groups in total. The van der Waals surface area contributed by atoms with E-state index in [1.54, 1.807) is 6.07 Å². The topological polar surface area (TPSA) is 81.4 Å². The van der Waals surface area contributed by atoms with Gasteiger partial charge in [0, 0.05) is 29.5 Å². The molecule has 2 aromatic heterocycles. The number of fused-ring (bicyclic) bond motifs is 5. The van der Waals surface area contributed by atoms with Crippen LogP contribution in [0.3, 0.4) is 0 Å². The van der Waals surface area contributed by atoms with E-state index in [1.165, 1.54) is 24.8 Å². The number of aryl methyl sites for hydroxylation is 1. The van der Waals surface area contributed by atoms with Crippen LogP contribution in [-0.2, 0) is 13.2 Å². The van der Waals surface area contributed by atoms with Crippen molar-refractivity contribution in [1.29, 1.82) is 0 Å². The number of benzene rings is 2. The van der Waals surface area contributed by atoms with Crippen molar-refractivity contribution in [3.8, 4) is 17.0 Å². The Morgan fingerprint density at radius 3 is 2.58 bits per heavy atom. The maximum Gasteiger partial charge on any atom is 0.354 e. The van der Waals surface area contributed by atoms with Gasteiger partial charge in [0.2, 0.25) is 0 Å². The lowest BCUT2D eigenvalue weighted by atomic mass is 9.81. The summed E-state index contributed by atoms with van der Waals surface area (Å²) in [4.78, 5) is 29.6. The molecule has 0 spiro atoms. The first-order chi connectivity index (χ1) is 17.6. The summed E-state index contributed by atoms with van der Waals surface area (Å²) in [5.74, 6) is 0.0547. The summed E-state index contributed by atoms with van der Waals surface area (Å²) < 4.78 is 8.13. The molecule has 1 aliphatic heterocycles. The molecule has 182 valence electrons. The van der Waals surface area contributed by atoms with Gasteiger partial charge in [0.15, 0.2) is 11.5 Å². The van der Waals surface area contributed by atoms with Crippen LogP contribution in [0.1, 0.15) is 76.4 Å². The van der Waals surface area contributed by atoms with Crippen LogP contribution in [0.5, 0.6) is 5.75 Å². The molecule has 0 amide bonds. The first-order valence-electron chi connectivity index (χ1n) is 12.7. The first-order valence-corrected chi connectivity index (χ1v) is 12.7. The monoisotopic (exact) mass is 480 g/mol. The van der Waals surface area contributed by atoms with Crippen molar-refractivity contribution in [2.45, 2.75) is 57.6 Å². The molecule has 0 saturated heterocycles. The van der Waals surface area contributed by atoms with Crippen molar-refractivity contribution in [3.05, 3.63) is 83.0 Å². The summed E-state index contributed by atoms with van der Waals surface area (Å²) >= 11 is 0. The zero-order valence-corrected chi connectivity index (χ0v) is 20.1. The van der Waals surface area contributed by atoms with Crippen LogP contribution in [0.25, 0.3) is 22.3 Å². The minimum absolute atomic E-state index is 0.0263. The fraction of sp³-hybridized carbons (Fsp3) is 0.300. The third kappa shape index (κ3) is 3.96. The van der Waals surface area contributed by atoms with Gasteiger partial charge in [-0.25, -0.2) is 9.78 Å². The molecule has 1 fully saturated rings. The van der Waals surface area contributed by atoms with E-state index in [0.717, 1.165) is 35.0 Å². The number of aromatic carboxylic acids is 1. The Labute approximate surface area is 209 Å². The second-order valence-corrected chi connectivity index (χ2v) is 9.78. The quantitative estimate of drug-likeness (QED) is 0.347. The number of carbonyl (C=O) groups excluding carboxylic acids is 1. The molecule has 0 atom stereocenters. The summed E-state index contributed by atoms with van der Waals surface area (Å²) in [6.45, 7) is 0.908. The van der Waals surface area contributed by atoms with Gasteiger partial charge in [-0.3, -0.25) is 4.79 Å². The number of aromatic nitrogens is 2. The number of ether oxygens (including phenoxy) is 1. The van der Waals surface area contributed by atoms with Gasteiger partial charge in [-0.2, -0.15) is 0 Å². The van der Waals surface area contributed by atoms with Gasteiger partial charge in [0.1, 0.15) is 18.0 Å². The van der Waals surface area contributed by atoms with Crippen molar-refractivity contribution >= 4 is 22.8 Å². The van der Waals surface area contributed by atoms with Gasteiger partial charge in [-0.1, -0.05) is 49.6 Å². The molecule has 6 rings (SSSR count). The summed E-state index contributed by atoms with van der Waals surface area (Å²) in [5.41, 5.74) is 5.54. The standard InChI is InChI=1S/C30H28N2O4/c33-26-15-16-32-28(22-12-11-21(17-24(22)26)36-18-19-7-3-1-4-8-19)27(20-9-5-2-6-10-20)23-13-14-25(30(34)35)31-29(23)32/h1,3-4,7-8,11-14,17,20H,2,5-6,9-10,15-16,18H2,(H,34,35). The highest BCUT2D eigenvalue weighted by atomic mass is 16.5. The van der Waals surface area contributed by atoms with Crippen LogP contribution in [-0.4, -0.2) is 26.4 Å². The van der Waals surface area contributed by atoms with E-state index >= 15 is 0 Å². The van der Waals surface area contributed by atoms with E-state index in [1.807, 2.05) is 54.6 Å². The van der Waals surface area contributed by atoms with Crippen LogP contribution < -0.4 is 4.74 Å². The summed E-state index contributed by atoms with van der Waals surface area (Å²) in [7, 11) is 0. The van der Waals surface area contributed by atoms with E-state index in [4.69, 9.17) is 4.74 Å². The fourth-order valence-corrected chi connectivity index (χ4v) is 5.81. The number of Topliss-reactive ketones (excluding diaryl/α,β-unsaturated/α-hetero) is 1. The van der Waals surface area contributed by atoms with Gasteiger partial charge in [0.05, 0.1) is 5.69 Å². The molecular formula is C30H28N2O4. The van der Waals surface area contributed by atoms with Gasteiger partial charge in [-0.05, 0) is 60.2 Å². The molecule has 2 aliphatic rings. The molecule has 2 aromatic carbocycles. The van der Waals surface area contributed by atoms with Crippen molar-refractivity contribution < 1.29 is 19.4 Å². The molecule has 3 heterocycles. The Morgan fingerprint density at radius 2 is 1.81 bits per heavy atom. The number of carbonyl (C=O) groups is 2. The fourth-order valence-electron chi connectivity index (χ4n) is 5.81. The van der Waals surface area contributed by atoms with E-state index in [2.05, 4.69) is 9.55 Å². The minimum atomic E-state index is -1.04. The lowest BCUT2D eigenvalue weighted by Crippen LogP contribution is -2.07. The summed E-state index contributed by atoms with van der Waals surface area (Å²) in [6.07, 6.45) is 6.10. The molecule has 6 nitrogen and oxygen atoms in total. The third-order valence-electron chi connectivity index (χ3n) is 7.54. The van der Waals surface area contributed by atoms with E-state index < -0.39 is 5.97 Å². The smallest absolute Gasteiger partial charge is 0.354 e. The van der Waals surface area contributed by atoms with Crippen molar-refractivity contribution in [3.63, 3.8) is 0 Å². The number of carboxylic acid groups (broad SMARTS) is 1. The van der Waals surface area contributed by atoms with Gasteiger partial charge in [0.25, 0.3) is 0 Å². The SMILES string of the molecule is O=C(O)c1ccc2c(C3CCCCC3)c3n(c2n1)CCC(=O)c1cc(OCc2ccccc2)ccc1-3. The number of rotatable bonds is 5. The minimum Gasteiger partial charge on any atom is -0.489 e. The number of hydrogen-bond acceptors (Lipinski definition) is 4. The zero-order valence-electron chi connectivity index (χ0n) is 20.1. The molecule has 6 heteroatoms. The van der Waals surface area contributed by atoms with Gasteiger partial charge < -0.3 is 14.4 Å². The number of pyridine rings is 1. The Balaban J connectivity index is 1.50. The molecule has 1 aliphatic carbocycles. The number of nitrogens with zero attached hydrogens (tertiary/aromatic N) is 2. The molecule has 0 radical (unpaired) electrons. The lowest BCUT2D eigenvalue weighted by Gasteiger charge is -2.23. The maximum atomic E-state index is 13.3. The highest BCUT2D eigenvalue weighted by Gasteiger charge is 2.31. The molecular weight excluding hydrogens is 452 g/mol. The average Bonchev–Trinajstić information content (AvgIpc) is 3.17. The second-order valence-electron chi connectivity index (χ2n) is 9.78. The number of carboxylic acids is 1. The Bertz CT molecular complexity index is 1470. The van der Waals surface area contributed by atoms with Crippen LogP contribution in [0.4, 0.5) is 0 Å². The Kier molecular flexibility index (Phi) is 5.80. The molecule has 0 bridgehead atoms. The van der Waals surface area contributed by atoms with E-state index in [9.17, 15) is 14.7 Å². The van der Waals surface area contributed by atoms with Gasteiger partial charge >= 0.3 is 5.97 Å². The average molecular weight is 481 g/mol. The highest BCUT2D eigenvalue weighted by molar-refractivity contribution is 6.06. The highest BCUT2D eigenvalue weighted by Crippen LogP contribution is 2.46. The lowest BCUT2D eigenvalue weighted by molar-refractivity contribution is 0.0690. The molecule has 4 aromatic rings. The van der Waals surface area contributed by atoms with Crippen molar-refractivity contribution in [1.82, 2.24) is 9.55 Å². The number of ketones is 1. The number of hydrogen-bond donors (Lipinski definition) is 1. The third-order valence-corrected chi connectivity index (χ3v) is 7.54. The van der Waals surface area contributed by atoms with Crippen LogP contribution in [0.15, 0.2) is 60.7 Å². The Hall–Kier alpha value is -3.93. The summed E-state index contributed by atoms with van der Waals surface area (Å²) in [6, 6.07) is 19.3.